The maximum Gasteiger partial charge on any atom is 0.240 e. The van der Waals surface area contributed by atoms with E-state index >= 15 is 0 Å². The van der Waals surface area contributed by atoms with Gasteiger partial charge in [0.1, 0.15) is 5.75 Å². The quantitative estimate of drug-likeness (QED) is 0.834. The lowest BCUT2D eigenvalue weighted by Crippen LogP contribution is -2.51. The summed E-state index contributed by atoms with van der Waals surface area (Å²) in [6.45, 7) is 2.91. The van der Waals surface area contributed by atoms with Crippen molar-refractivity contribution in [3.63, 3.8) is 0 Å². The van der Waals surface area contributed by atoms with Gasteiger partial charge in [0.05, 0.1) is 6.04 Å². The smallest absolute Gasteiger partial charge is 0.240 e. The molecule has 0 radical (unpaired) electrons. The van der Waals surface area contributed by atoms with Crippen molar-refractivity contribution in [3.8, 4) is 5.75 Å². The number of benzene rings is 2. The Labute approximate surface area is 171 Å². The van der Waals surface area contributed by atoms with Crippen LogP contribution in [0.25, 0.3) is 0 Å². The van der Waals surface area contributed by atoms with Crippen molar-refractivity contribution in [2.45, 2.75) is 51.2 Å². The summed E-state index contributed by atoms with van der Waals surface area (Å²) in [6.07, 6.45) is 5.30. The summed E-state index contributed by atoms with van der Waals surface area (Å²) >= 11 is 6.15. The number of amides is 1. The summed E-state index contributed by atoms with van der Waals surface area (Å²) in [6, 6.07) is 13.3. The van der Waals surface area contributed by atoms with Crippen LogP contribution in [0.5, 0.6) is 5.75 Å². The standard InChI is InChI=1S/C23H27ClN2O2/c24-20-9-10-22(27)19(13-20)16-26-15-18-8-4-3-7-17(18)14-21(26)23(28)25-11-5-1-2-6-12-25/h3-4,7-10,13,21,27H,1-2,5-6,11-12,14-16H2. The number of nitrogens with zero attached hydrogens (tertiary/aromatic N) is 2. The topological polar surface area (TPSA) is 43.8 Å². The fourth-order valence-corrected chi connectivity index (χ4v) is 4.58. The molecule has 2 aromatic rings. The molecule has 0 saturated carbocycles. The van der Waals surface area contributed by atoms with Crippen molar-refractivity contribution >= 4 is 17.5 Å². The molecule has 2 heterocycles. The van der Waals surface area contributed by atoms with E-state index in [1.807, 2.05) is 12.1 Å². The summed E-state index contributed by atoms with van der Waals surface area (Å²) in [5.41, 5.74) is 3.27. The Hall–Kier alpha value is -2.04. The number of carbonyl (C=O) groups excluding carboxylic acids is 1. The van der Waals surface area contributed by atoms with E-state index < -0.39 is 0 Å². The highest BCUT2D eigenvalue weighted by molar-refractivity contribution is 6.30. The van der Waals surface area contributed by atoms with Crippen LogP contribution in [0.4, 0.5) is 0 Å². The van der Waals surface area contributed by atoms with Crippen molar-refractivity contribution in [2.24, 2.45) is 0 Å². The van der Waals surface area contributed by atoms with Gasteiger partial charge in [-0.1, -0.05) is 48.7 Å². The normalized spacial score (nSPS) is 20.5. The summed E-state index contributed by atoms with van der Waals surface area (Å²) in [7, 11) is 0. The predicted molar refractivity (Wildman–Crippen MR) is 111 cm³/mol. The first kappa shape index (κ1) is 19.3. The van der Waals surface area contributed by atoms with Crippen LogP contribution in [-0.4, -0.2) is 39.9 Å². The van der Waals surface area contributed by atoms with Crippen molar-refractivity contribution in [2.75, 3.05) is 13.1 Å². The zero-order chi connectivity index (χ0) is 19.5. The number of likely N-dealkylation sites (tertiary alicyclic amines) is 1. The average Bonchev–Trinajstić information content (AvgIpc) is 2.99. The van der Waals surface area contributed by atoms with Gasteiger partial charge in [-0.3, -0.25) is 9.69 Å². The highest BCUT2D eigenvalue weighted by Crippen LogP contribution is 2.30. The van der Waals surface area contributed by atoms with Crippen LogP contribution in [0.3, 0.4) is 0 Å². The molecule has 0 spiro atoms. The van der Waals surface area contributed by atoms with E-state index in [4.69, 9.17) is 11.6 Å². The summed E-state index contributed by atoms with van der Waals surface area (Å²) < 4.78 is 0. The molecule has 1 saturated heterocycles. The number of phenols is 1. The number of hydrogen-bond donors (Lipinski definition) is 1. The molecule has 2 aliphatic rings. The monoisotopic (exact) mass is 398 g/mol. The SMILES string of the molecule is O=C(C1Cc2ccccc2CN1Cc1cc(Cl)ccc1O)N1CCCCCC1. The zero-order valence-electron chi connectivity index (χ0n) is 16.1. The van der Waals surface area contributed by atoms with Gasteiger partial charge in [-0.2, -0.15) is 0 Å². The fourth-order valence-electron chi connectivity index (χ4n) is 4.39. The van der Waals surface area contributed by atoms with E-state index in [1.54, 1.807) is 18.2 Å². The van der Waals surface area contributed by atoms with Gasteiger partial charge in [0.2, 0.25) is 5.91 Å². The second-order valence-corrected chi connectivity index (χ2v) is 8.34. The third-order valence-corrected chi connectivity index (χ3v) is 6.20. The van der Waals surface area contributed by atoms with Crippen LogP contribution in [0.15, 0.2) is 42.5 Å². The van der Waals surface area contributed by atoms with E-state index in [1.165, 1.54) is 24.0 Å². The molecule has 1 unspecified atom stereocenters. The van der Waals surface area contributed by atoms with E-state index in [0.717, 1.165) is 31.5 Å². The largest absolute Gasteiger partial charge is 0.508 e. The van der Waals surface area contributed by atoms with E-state index in [-0.39, 0.29) is 17.7 Å². The Morgan fingerprint density at radius 3 is 2.50 bits per heavy atom. The van der Waals surface area contributed by atoms with Crippen LogP contribution < -0.4 is 0 Å². The number of aromatic hydroxyl groups is 1. The zero-order valence-corrected chi connectivity index (χ0v) is 16.9. The van der Waals surface area contributed by atoms with Crippen LogP contribution in [-0.2, 0) is 24.3 Å². The Kier molecular flexibility index (Phi) is 5.88. The minimum atomic E-state index is -0.202. The first-order chi connectivity index (χ1) is 13.6. The van der Waals surface area contributed by atoms with E-state index in [0.29, 0.717) is 24.5 Å². The first-order valence-corrected chi connectivity index (χ1v) is 10.6. The van der Waals surface area contributed by atoms with Gasteiger partial charge in [0, 0.05) is 36.8 Å². The number of carbonyl (C=O) groups is 1. The minimum absolute atomic E-state index is 0.202. The van der Waals surface area contributed by atoms with Gasteiger partial charge >= 0.3 is 0 Å². The van der Waals surface area contributed by atoms with Crippen molar-refractivity contribution in [1.82, 2.24) is 9.80 Å². The lowest BCUT2D eigenvalue weighted by molar-refractivity contribution is -0.138. The summed E-state index contributed by atoms with van der Waals surface area (Å²) in [5, 5.41) is 10.9. The minimum Gasteiger partial charge on any atom is -0.508 e. The Bertz CT molecular complexity index is 846. The number of phenolic OH excluding ortho intramolecular Hbond substituents is 1. The molecule has 28 heavy (non-hydrogen) atoms. The fraction of sp³-hybridized carbons (Fsp3) is 0.435. The van der Waals surface area contributed by atoms with Crippen molar-refractivity contribution in [3.05, 3.63) is 64.2 Å². The third kappa shape index (κ3) is 4.18. The number of halogens is 1. The molecule has 1 fully saturated rings. The van der Waals surface area contributed by atoms with Gasteiger partial charge < -0.3 is 10.0 Å². The molecule has 5 heteroatoms. The van der Waals surface area contributed by atoms with Gasteiger partial charge in [-0.25, -0.2) is 0 Å². The average molecular weight is 399 g/mol. The molecule has 4 rings (SSSR count). The predicted octanol–water partition coefficient (Wildman–Crippen LogP) is 4.38. The number of rotatable bonds is 3. The van der Waals surface area contributed by atoms with Crippen LogP contribution in [0.1, 0.15) is 42.4 Å². The Morgan fingerprint density at radius 1 is 1.04 bits per heavy atom. The number of hydrogen-bond acceptors (Lipinski definition) is 3. The highest BCUT2D eigenvalue weighted by Gasteiger charge is 2.34. The summed E-state index contributed by atoms with van der Waals surface area (Å²) in [4.78, 5) is 17.7. The van der Waals surface area contributed by atoms with E-state index in [2.05, 4.69) is 21.9 Å². The lowest BCUT2D eigenvalue weighted by atomic mass is 9.92. The molecule has 1 atom stereocenters. The molecule has 0 bridgehead atoms. The molecule has 1 amide bonds. The van der Waals surface area contributed by atoms with Gasteiger partial charge in [0.15, 0.2) is 0 Å². The maximum atomic E-state index is 13.5. The summed E-state index contributed by atoms with van der Waals surface area (Å²) in [5.74, 6) is 0.446. The molecule has 4 nitrogen and oxygen atoms in total. The van der Waals surface area contributed by atoms with Crippen molar-refractivity contribution < 1.29 is 9.90 Å². The molecule has 2 aliphatic heterocycles. The maximum absolute atomic E-state index is 13.5. The molecule has 1 N–H and O–H groups in total. The molecular formula is C23H27ClN2O2. The lowest BCUT2D eigenvalue weighted by Gasteiger charge is -2.38. The Morgan fingerprint density at radius 2 is 1.75 bits per heavy atom. The highest BCUT2D eigenvalue weighted by atomic mass is 35.5. The van der Waals surface area contributed by atoms with Gasteiger partial charge in [-0.15, -0.1) is 0 Å². The molecular weight excluding hydrogens is 372 g/mol. The second kappa shape index (κ2) is 8.54. The third-order valence-electron chi connectivity index (χ3n) is 5.96. The number of fused-ring (bicyclic) bond motifs is 1. The molecule has 148 valence electrons. The first-order valence-electron chi connectivity index (χ1n) is 10.2. The molecule has 0 aliphatic carbocycles. The second-order valence-electron chi connectivity index (χ2n) is 7.91. The van der Waals surface area contributed by atoms with Gasteiger partial charge in [0.25, 0.3) is 0 Å². The molecule has 0 aromatic heterocycles. The van der Waals surface area contributed by atoms with Gasteiger partial charge in [-0.05, 0) is 48.6 Å². The van der Waals surface area contributed by atoms with Crippen LogP contribution in [0, 0.1) is 0 Å². The molecule has 2 aromatic carbocycles. The van der Waals surface area contributed by atoms with Crippen LogP contribution >= 0.6 is 11.6 Å². The Balaban J connectivity index is 1.62. The van der Waals surface area contributed by atoms with Crippen molar-refractivity contribution in [1.29, 1.82) is 0 Å². The van der Waals surface area contributed by atoms with Crippen LogP contribution in [0.2, 0.25) is 5.02 Å². The van der Waals surface area contributed by atoms with E-state index in [9.17, 15) is 9.90 Å².